The van der Waals surface area contributed by atoms with E-state index in [9.17, 15) is 14.4 Å². The number of rotatable bonds is 3. The Morgan fingerprint density at radius 1 is 1.24 bits per heavy atom. The highest BCUT2D eigenvalue weighted by molar-refractivity contribution is 7.18. The van der Waals surface area contributed by atoms with Gasteiger partial charge in [0.25, 0.3) is 5.56 Å². The van der Waals surface area contributed by atoms with Crippen LogP contribution in [0.5, 0.6) is 0 Å². The zero-order valence-corrected chi connectivity index (χ0v) is 17.3. The van der Waals surface area contributed by atoms with Crippen LogP contribution in [0.1, 0.15) is 21.6 Å². The lowest BCUT2D eigenvalue weighted by Crippen LogP contribution is -2.50. The van der Waals surface area contributed by atoms with Crippen molar-refractivity contribution in [3.8, 4) is 0 Å². The van der Waals surface area contributed by atoms with E-state index >= 15 is 0 Å². The van der Waals surface area contributed by atoms with Gasteiger partial charge in [-0.3, -0.25) is 14.2 Å². The summed E-state index contributed by atoms with van der Waals surface area (Å²) in [6.07, 6.45) is 1.80. The molecule has 1 aliphatic rings. The van der Waals surface area contributed by atoms with Crippen molar-refractivity contribution in [2.24, 2.45) is 0 Å². The van der Waals surface area contributed by atoms with Gasteiger partial charge in [-0.15, -0.1) is 11.3 Å². The number of aryl methyl sites for hydroxylation is 2. The maximum Gasteiger partial charge on any atom is 0.328 e. The van der Waals surface area contributed by atoms with Crippen molar-refractivity contribution in [3.63, 3.8) is 0 Å². The number of benzene rings is 1. The Kier molecular flexibility index (Phi) is 4.96. The van der Waals surface area contributed by atoms with Crippen molar-refractivity contribution in [2.45, 2.75) is 39.4 Å². The maximum atomic E-state index is 13.1. The molecule has 2 aromatic heterocycles. The first kappa shape index (κ1) is 19.3. The Hall–Kier alpha value is -3.00. The average Bonchev–Trinajstić information content (AvgIpc) is 3.02. The zero-order chi connectivity index (χ0) is 20.7. The maximum absolute atomic E-state index is 13.1. The first-order valence-electron chi connectivity index (χ1n) is 9.30. The van der Waals surface area contributed by atoms with E-state index < -0.39 is 12.0 Å². The summed E-state index contributed by atoms with van der Waals surface area (Å²) in [5.74, 6) is -0.777. The Morgan fingerprint density at radius 3 is 2.69 bits per heavy atom. The second-order valence-electron chi connectivity index (χ2n) is 7.17. The number of carbonyl (C=O) groups is 2. The second-order valence-corrected chi connectivity index (χ2v) is 8.38. The summed E-state index contributed by atoms with van der Waals surface area (Å²) in [7, 11) is 1.32. The summed E-state index contributed by atoms with van der Waals surface area (Å²) in [5.41, 5.74) is 2.67. The van der Waals surface area contributed by atoms with E-state index in [1.807, 2.05) is 38.1 Å². The van der Waals surface area contributed by atoms with Crippen molar-refractivity contribution in [3.05, 3.63) is 62.5 Å². The smallest absolute Gasteiger partial charge is 0.328 e. The summed E-state index contributed by atoms with van der Waals surface area (Å²) in [6.45, 7) is 3.96. The highest BCUT2D eigenvalue weighted by Gasteiger charge is 2.35. The van der Waals surface area contributed by atoms with Crippen LogP contribution in [0.3, 0.4) is 0 Å². The van der Waals surface area contributed by atoms with Gasteiger partial charge in [0.15, 0.2) is 0 Å². The first-order valence-corrected chi connectivity index (χ1v) is 10.1. The van der Waals surface area contributed by atoms with Gasteiger partial charge in [0.1, 0.15) is 17.4 Å². The number of amides is 1. The summed E-state index contributed by atoms with van der Waals surface area (Å²) in [6, 6.07) is 7.01. The fraction of sp³-hybridized carbons (Fsp3) is 0.333. The minimum Gasteiger partial charge on any atom is -0.467 e. The number of methoxy groups -OCH3 is 1. The number of nitrogens with zero attached hydrogens (tertiary/aromatic N) is 3. The molecule has 150 valence electrons. The third-order valence-electron chi connectivity index (χ3n) is 5.50. The van der Waals surface area contributed by atoms with Gasteiger partial charge in [0.05, 0.1) is 18.8 Å². The minimum absolute atomic E-state index is 0.175. The van der Waals surface area contributed by atoms with Crippen LogP contribution in [-0.4, -0.2) is 39.5 Å². The molecule has 8 heteroatoms. The Balaban J connectivity index is 1.67. The van der Waals surface area contributed by atoms with Crippen LogP contribution >= 0.6 is 11.3 Å². The number of thiophene rings is 1. The SMILES string of the molecule is COC(=O)[C@H]1Cc2ccccc2CN1C(=O)Cn1cnc2sc(C)c(C)c2c1=O. The van der Waals surface area contributed by atoms with E-state index in [2.05, 4.69) is 4.98 Å². The van der Waals surface area contributed by atoms with Crippen LogP contribution in [0.15, 0.2) is 35.4 Å². The Labute approximate surface area is 171 Å². The quantitative estimate of drug-likeness (QED) is 0.617. The average molecular weight is 411 g/mol. The molecule has 0 saturated heterocycles. The van der Waals surface area contributed by atoms with Gasteiger partial charge in [-0.05, 0) is 30.5 Å². The highest BCUT2D eigenvalue weighted by atomic mass is 32.1. The molecule has 1 aliphatic heterocycles. The van der Waals surface area contributed by atoms with Gasteiger partial charge in [0, 0.05) is 17.8 Å². The van der Waals surface area contributed by atoms with E-state index in [0.29, 0.717) is 23.2 Å². The molecule has 0 bridgehead atoms. The summed E-state index contributed by atoms with van der Waals surface area (Å²) in [5, 5.41) is 0.552. The van der Waals surface area contributed by atoms with Crippen LogP contribution in [-0.2, 0) is 33.8 Å². The summed E-state index contributed by atoms with van der Waals surface area (Å²) < 4.78 is 6.24. The predicted octanol–water partition coefficient (Wildman–Crippen LogP) is 2.20. The second kappa shape index (κ2) is 7.44. The zero-order valence-electron chi connectivity index (χ0n) is 16.5. The van der Waals surface area contributed by atoms with Gasteiger partial charge in [0.2, 0.25) is 5.91 Å². The summed E-state index contributed by atoms with van der Waals surface area (Å²) in [4.78, 5) is 45.9. The molecule has 4 rings (SSSR count). The molecular weight excluding hydrogens is 390 g/mol. The molecular formula is C21H21N3O4S. The van der Waals surface area contributed by atoms with Crippen molar-refractivity contribution in [2.75, 3.05) is 7.11 Å². The molecule has 0 unspecified atom stereocenters. The molecule has 0 fully saturated rings. The lowest BCUT2D eigenvalue weighted by Gasteiger charge is -2.35. The Bertz CT molecular complexity index is 1180. The van der Waals surface area contributed by atoms with Gasteiger partial charge >= 0.3 is 5.97 Å². The van der Waals surface area contributed by atoms with Gasteiger partial charge in [-0.2, -0.15) is 0 Å². The van der Waals surface area contributed by atoms with E-state index in [1.165, 1.54) is 34.2 Å². The Morgan fingerprint density at radius 2 is 1.97 bits per heavy atom. The molecule has 0 saturated carbocycles. The molecule has 7 nitrogen and oxygen atoms in total. The number of carbonyl (C=O) groups excluding carboxylic acids is 2. The lowest BCUT2D eigenvalue weighted by atomic mass is 9.94. The number of esters is 1. The van der Waals surface area contributed by atoms with Gasteiger partial charge in [-0.1, -0.05) is 24.3 Å². The largest absolute Gasteiger partial charge is 0.467 e. The first-order chi connectivity index (χ1) is 13.9. The van der Waals surface area contributed by atoms with Crippen molar-refractivity contribution in [1.82, 2.24) is 14.5 Å². The number of hydrogen-bond donors (Lipinski definition) is 0. The molecule has 1 amide bonds. The molecule has 1 atom stereocenters. The number of aromatic nitrogens is 2. The molecule has 0 radical (unpaired) electrons. The minimum atomic E-state index is -0.708. The topological polar surface area (TPSA) is 81.5 Å². The normalized spacial score (nSPS) is 16.0. The van der Waals surface area contributed by atoms with E-state index in [4.69, 9.17) is 4.74 Å². The molecule has 29 heavy (non-hydrogen) atoms. The van der Waals surface area contributed by atoms with Crippen LogP contribution in [0, 0.1) is 13.8 Å². The van der Waals surface area contributed by atoms with Crippen LogP contribution < -0.4 is 5.56 Å². The van der Waals surface area contributed by atoms with E-state index in [1.54, 1.807) is 0 Å². The fourth-order valence-electron chi connectivity index (χ4n) is 3.75. The molecule has 1 aromatic carbocycles. The molecule has 0 N–H and O–H groups in total. The van der Waals surface area contributed by atoms with Crippen LogP contribution in [0.2, 0.25) is 0 Å². The molecule has 0 spiro atoms. The van der Waals surface area contributed by atoms with Gasteiger partial charge < -0.3 is 9.64 Å². The monoisotopic (exact) mass is 411 g/mol. The lowest BCUT2D eigenvalue weighted by molar-refractivity contribution is -0.154. The third kappa shape index (κ3) is 3.33. The standard InChI is InChI=1S/C21H21N3O4S/c1-12-13(2)29-19-18(12)20(26)23(11-22-19)10-17(25)24-9-15-7-5-4-6-14(15)8-16(24)21(27)28-3/h4-7,11,16H,8-10H2,1-3H3/t16-/m1/s1. The molecule has 3 heterocycles. The number of ether oxygens (including phenoxy) is 1. The van der Waals surface area contributed by atoms with E-state index in [0.717, 1.165) is 21.6 Å². The van der Waals surface area contributed by atoms with E-state index in [-0.39, 0.29) is 18.0 Å². The van der Waals surface area contributed by atoms with Crippen molar-refractivity contribution >= 4 is 33.4 Å². The predicted molar refractivity (Wildman–Crippen MR) is 110 cm³/mol. The molecule has 0 aliphatic carbocycles. The highest BCUT2D eigenvalue weighted by Crippen LogP contribution is 2.26. The third-order valence-corrected chi connectivity index (χ3v) is 6.62. The summed E-state index contributed by atoms with van der Waals surface area (Å²) >= 11 is 1.47. The fourth-order valence-corrected chi connectivity index (χ4v) is 4.74. The van der Waals surface area contributed by atoms with Crippen molar-refractivity contribution < 1.29 is 14.3 Å². The number of fused-ring (bicyclic) bond motifs is 2. The van der Waals surface area contributed by atoms with Crippen molar-refractivity contribution in [1.29, 1.82) is 0 Å². The van der Waals surface area contributed by atoms with Crippen LogP contribution in [0.25, 0.3) is 10.2 Å². The van der Waals surface area contributed by atoms with Gasteiger partial charge in [-0.25, -0.2) is 9.78 Å². The number of hydrogen-bond acceptors (Lipinski definition) is 6. The molecule has 3 aromatic rings. The van der Waals surface area contributed by atoms with Crippen LogP contribution in [0.4, 0.5) is 0 Å².